The number of nitrogens with one attached hydrogen (secondary N) is 2. The van der Waals surface area contributed by atoms with Crippen molar-refractivity contribution in [2.75, 3.05) is 44.7 Å². The fourth-order valence-corrected chi connectivity index (χ4v) is 6.10. The minimum atomic E-state index is -0.811. The molecule has 0 bridgehead atoms. The number of likely N-dealkylation sites (N-methyl/N-ethyl adjacent to an activating group) is 1. The van der Waals surface area contributed by atoms with E-state index in [1.54, 1.807) is 12.1 Å². The van der Waals surface area contributed by atoms with Crippen LogP contribution in [0.2, 0.25) is 0 Å². The maximum absolute atomic E-state index is 13.7. The van der Waals surface area contributed by atoms with E-state index in [4.69, 9.17) is 0 Å². The molecule has 41 heavy (non-hydrogen) atoms. The Bertz CT molecular complexity index is 1260. The molecule has 2 aliphatic carbocycles. The van der Waals surface area contributed by atoms with Gasteiger partial charge in [0.15, 0.2) is 11.6 Å². The van der Waals surface area contributed by atoms with Gasteiger partial charge in [-0.15, -0.1) is 0 Å². The summed E-state index contributed by atoms with van der Waals surface area (Å²) in [5, 5.41) is 6.04. The summed E-state index contributed by atoms with van der Waals surface area (Å²) in [7, 11) is 2.11. The summed E-state index contributed by atoms with van der Waals surface area (Å²) in [4.78, 5) is 57.8. The summed E-state index contributed by atoms with van der Waals surface area (Å²) in [5.41, 5.74) is 4.40. The number of benzene rings is 2. The second-order valence-electron chi connectivity index (χ2n) is 12.1. The topological polar surface area (TPSA) is 102 Å². The van der Waals surface area contributed by atoms with E-state index in [1.165, 1.54) is 23.0 Å². The Balaban J connectivity index is 0.000000490. The van der Waals surface area contributed by atoms with Crippen molar-refractivity contribution in [3.05, 3.63) is 54.1 Å². The zero-order chi connectivity index (χ0) is 29.3. The number of carbonyl (C=O) groups excluding carboxylic acids is 4. The van der Waals surface area contributed by atoms with Crippen molar-refractivity contribution in [3.63, 3.8) is 0 Å². The van der Waals surface area contributed by atoms with Crippen LogP contribution >= 0.6 is 0 Å². The van der Waals surface area contributed by atoms with Crippen LogP contribution < -0.4 is 15.5 Å². The van der Waals surface area contributed by atoms with Crippen LogP contribution in [0, 0.1) is 5.92 Å². The summed E-state index contributed by atoms with van der Waals surface area (Å²) < 4.78 is 0. The van der Waals surface area contributed by atoms with Crippen LogP contribution in [0.15, 0.2) is 48.5 Å². The van der Waals surface area contributed by atoms with E-state index >= 15 is 0 Å². The Labute approximate surface area is 242 Å². The lowest BCUT2D eigenvalue weighted by molar-refractivity contribution is -0.143. The predicted molar refractivity (Wildman–Crippen MR) is 159 cm³/mol. The van der Waals surface area contributed by atoms with E-state index in [1.807, 2.05) is 26.0 Å². The maximum atomic E-state index is 13.7. The van der Waals surface area contributed by atoms with Gasteiger partial charge in [-0.05, 0) is 68.1 Å². The molecule has 0 radical (unpaired) electrons. The number of amides is 2. The van der Waals surface area contributed by atoms with Gasteiger partial charge in [0, 0.05) is 43.5 Å². The lowest BCUT2D eigenvalue weighted by Crippen LogP contribution is -2.56. The fraction of sp³-hybridized carbons (Fsp3) is 0.500. The highest BCUT2D eigenvalue weighted by Crippen LogP contribution is 2.31. The van der Waals surface area contributed by atoms with Gasteiger partial charge in [0.05, 0.1) is 12.6 Å². The normalized spacial score (nSPS) is 23.5. The van der Waals surface area contributed by atoms with Crippen LogP contribution in [0.3, 0.4) is 0 Å². The number of nitrogens with zero attached hydrogens (tertiary/aromatic N) is 3. The monoisotopic (exact) mass is 559 g/mol. The minimum absolute atomic E-state index is 0.0822. The van der Waals surface area contributed by atoms with Crippen molar-refractivity contribution in [3.8, 4) is 11.1 Å². The van der Waals surface area contributed by atoms with Crippen LogP contribution in [-0.4, -0.2) is 97.1 Å². The van der Waals surface area contributed by atoms with Gasteiger partial charge in [-0.2, -0.15) is 0 Å². The molecule has 1 aromatic rings. The van der Waals surface area contributed by atoms with Gasteiger partial charge in [-0.25, -0.2) is 0 Å². The minimum Gasteiger partial charge on any atom is -0.369 e. The third-order valence-electron chi connectivity index (χ3n) is 8.61. The number of ketones is 2. The van der Waals surface area contributed by atoms with E-state index < -0.39 is 18.1 Å². The number of anilines is 1. The summed E-state index contributed by atoms with van der Waals surface area (Å²) in [6.45, 7) is 9.49. The number of rotatable bonds is 7. The lowest BCUT2D eigenvalue weighted by Gasteiger charge is -2.34. The number of hydrogen-bond acceptors (Lipinski definition) is 7. The second-order valence-corrected chi connectivity index (χ2v) is 12.1. The largest absolute Gasteiger partial charge is 0.369 e. The van der Waals surface area contributed by atoms with Gasteiger partial charge in [0.2, 0.25) is 5.91 Å². The summed E-state index contributed by atoms with van der Waals surface area (Å²) in [6.07, 6.45) is 0.845. The molecule has 0 aromatic heterocycles. The molecule has 5 aliphatic rings. The molecule has 0 saturated carbocycles. The Kier molecular flexibility index (Phi) is 8.56. The Morgan fingerprint density at radius 3 is 2.07 bits per heavy atom. The van der Waals surface area contributed by atoms with Gasteiger partial charge < -0.3 is 25.3 Å². The van der Waals surface area contributed by atoms with Gasteiger partial charge in [0.1, 0.15) is 12.1 Å². The Morgan fingerprint density at radius 2 is 1.56 bits per heavy atom. The fourth-order valence-electron chi connectivity index (χ4n) is 6.10. The summed E-state index contributed by atoms with van der Waals surface area (Å²) in [6, 6.07) is 13.6. The van der Waals surface area contributed by atoms with E-state index in [0.717, 1.165) is 31.9 Å². The molecule has 4 unspecified atom stereocenters. The molecule has 6 rings (SSSR count). The standard InChI is InChI=1S/C26H37N5O4.C6H4/c1-16(2)13-21(26(35)31-22(17(3)32)14-20-24(31)23(33)15-27-20)28-25(34)18-5-7-19(8-6-18)30-11-9-29(4)10-12-30;1-2-6-4-3-5(1)6/h5-8,16,20-22,24,27H,9-15H2,1-4H3,(H,28,34);1-4H. The molecule has 2 N–H and O–H groups in total. The highest BCUT2D eigenvalue weighted by Gasteiger charge is 2.53. The Morgan fingerprint density at radius 1 is 0.951 bits per heavy atom. The molecular formula is C32H41N5O4. The molecule has 3 aliphatic heterocycles. The van der Waals surface area contributed by atoms with Crippen molar-refractivity contribution < 1.29 is 19.2 Å². The zero-order valence-electron chi connectivity index (χ0n) is 24.4. The third-order valence-corrected chi connectivity index (χ3v) is 8.61. The number of Topliss-reactive ketones (excluding diaryl/α,β-unsaturated/α-hetero) is 2. The zero-order valence-corrected chi connectivity index (χ0v) is 24.4. The van der Waals surface area contributed by atoms with E-state index in [0.29, 0.717) is 18.4 Å². The molecule has 2 amide bonds. The first-order valence-electron chi connectivity index (χ1n) is 14.7. The van der Waals surface area contributed by atoms with Crippen LogP contribution in [0.5, 0.6) is 0 Å². The molecule has 4 atom stereocenters. The molecule has 3 fully saturated rings. The van der Waals surface area contributed by atoms with Crippen molar-refractivity contribution in [1.82, 2.24) is 20.4 Å². The average molecular weight is 560 g/mol. The van der Waals surface area contributed by atoms with Gasteiger partial charge in [-0.3, -0.25) is 19.2 Å². The van der Waals surface area contributed by atoms with Crippen molar-refractivity contribution >= 4 is 29.1 Å². The van der Waals surface area contributed by atoms with Crippen LogP contribution in [0.4, 0.5) is 5.69 Å². The first-order valence-corrected chi connectivity index (χ1v) is 14.7. The summed E-state index contributed by atoms with van der Waals surface area (Å²) in [5.74, 6) is -0.779. The number of carbonyl (C=O) groups is 4. The number of likely N-dealkylation sites (tertiary alicyclic amines) is 1. The van der Waals surface area contributed by atoms with Crippen molar-refractivity contribution in [2.24, 2.45) is 5.92 Å². The van der Waals surface area contributed by atoms with Crippen LogP contribution in [0.25, 0.3) is 11.1 Å². The van der Waals surface area contributed by atoms with Gasteiger partial charge in [0.25, 0.3) is 5.91 Å². The van der Waals surface area contributed by atoms with Gasteiger partial charge in [-0.1, -0.05) is 38.1 Å². The smallest absolute Gasteiger partial charge is 0.251 e. The highest BCUT2D eigenvalue weighted by molar-refractivity contribution is 6.01. The van der Waals surface area contributed by atoms with Gasteiger partial charge >= 0.3 is 0 Å². The molecule has 0 spiro atoms. The van der Waals surface area contributed by atoms with Crippen molar-refractivity contribution in [1.29, 1.82) is 0 Å². The summed E-state index contributed by atoms with van der Waals surface area (Å²) >= 11 is 0. The average Bonchev–Trinajstić information content (AvgIpc) is 3.50. The Hall–Kier alpha value is -3.56. The number of fused-ring (bicyclic) bond motifs is 2. The SMILES string of the molecule is CC(=O)C1CC2NCC(=O)C2N1C(=O)C(CC(C)C)NC(=O)c1ccc(N2CCN(C)CC2)cc1.c1cc2ccc1-2. The third kappa shape index (κ3) is 6.21. The van der Waals surface area contributed by atoms with E-state index in [9.17, 15) is 19.2 Å². The van der Waals surface area contributed by atoms with E-state index in [-0.39, 0.29) is 41.9 Å². The molecular weight excluding hydrogens is 518 g/mol. The molecule has 218 valence electrons. The first-order chi connectivity index (χ1) is 19.6. The predicted octanol–water partition coefficient (Wildman–Crippen LogP) is 2.35. The molecule has 3 heterocycles. The highest BCUT2D eigenvalue weighted by atomic mass is 16.2. The van der Waals surface area contributed by atoms with Crippen LogP contribution in [-0.2, 0) is 14.4 Å². The number of piperazine rings is 1. The van der Waals surface area contributed by atoms with Crippen molar-refractivity contribution in [2.45, 2.75) is 57.8 Å². The second kappa shape index (κ2) is 12.1. The first kappa shape index (κ1) is 29.0. The molecule has 9 nitrogen and oxygen atoms in total. The van der Waals surface area contributed by atoms with E-state index in [2.05, 4.69) is 51.7 Å². The quantitative estimate of drug-likeness (QED) is 0.458. The molecule has 3 saturated heterocycles. The molecule has 1 aromatic carbocycles. The lowest BCUT2D eigenvalue weighted by atomic mass is 9.95. The maximum Gasteiger partial charge on any atom is 0.251 e. The van der Waals surface area contributed by atoms with Crippen LogP contribution in [0.1, 0.15) is 44.0 Å². The number of hydrogen-bond donors (Lipinski definition) is 2. The molecule has 9 heteroatoms.